The quantitative estimate of drug-likeness (QED) is 0.141. The van der Waals surface area contributed by atoms with E-state index in [0.29, 0.717) is 92.3 Å². The molecule has 4 N–H and O–H groups in total. The van der Waals surface area contributed by atoms with Crippen LogP contribution in [0.5, 0.6) is 0 Å². The number of quaternary nitrogens is 1. The van der Waals surface area contributed by atoms with Crippen molar-refractivity contribution in [1.82, 2.24) is 49.3 Å². The van der Waals surface area contributed by atoms with Crippen LogP contribution in [0.2, 0.25) is 5.02 Å². The molecule has 5 aromatic rings. The number of nitrogens with one attached hydrogen (secondary N) is 3. The Morgan fingerprint density at radius 1 is 0.925 bits per heavy atom. The number of alkyl halides is 3. The zero-order valence-electron chi connectivity index (χ0n) is 36.5. The minimum Gasteiger partial charge on any atom is -0.477 e. The first-order chi connectivity index (χ1) is 32.1. The number of piperazine rings is 1. The largest absolute Gasteiger partial charge is 0.477 e. The standard InChI is InChI=1S/C44H48ClF3N12O7/c1-55-35(31-23-59(54-38(31)44(46,47)48)36-18-33-28(21-50-36)16-34(53-33)43(66)58-10-14-67-15-11-58)22-51-39(55)40(63)52-29-2-3-30(32(45)17-29)42(65)57-8-6-56(7-9-57)41(64)27-4-12-60(13-5-27,25-37(61)62)24-26-19-49-20-26/h2-3,16-18,21-23,26-27,49H,4-15,19-20,24-25H2,1H3,(H2-,50,52,53,61,62,63,65,66)/p+1. The highest BCUT2D eigenvalue weighted by Crippen LogP contribution is 2.37. The van der Waals surface area contributed by atoms with Gasteiger partial charge in [-0.2, -0.15) is 18.3 Å². The van der Waals surface area contributed by atoms with Gasteiger partial charge < -0.3 is 49.2 Å². The van der Waals surface area contributed by atoms with Gasteiger partial charge in [-0.25, -0.2) is 19.4 Å². The number of hydrogen-bond donors (Lipinski definition) is 4. The first kappa shape index (κ1) is 45.8. The number of likely N-dealkylation sites (tertiary alicyclic amines) is 1. The van der Waals surface area contributed by atoms with Gasteiger partial charge >= 0.3 is 12.1 Å². The van der Waals surface area contributed by atoms with Crippen molar-refractivity contribution in [3.8, 4) is 17.1 Å². The molecule has 4 aliphatic heterocycles. The Kier molecular flexibility index (Phi) is 12.6. The smallest absolute Gasteiger partial charge is 0.435 e. The lowest BCUT2D eigenvalue weighted by Gasteiger charge is -2.46. The topological polar surface area (TPSA) is 213 Å². The number of halogens is 4. The van der Waals surface area contributed by atoms with E-state index < -0.39 is 23.7 Å². The number of H-pyrrole nitrogens is 1. The van der Waals surface area contributed by atoms with Gasteiger partial charge in [0, 0.05) is 114 Å². The molecule has 4 amide bonds. The average molecular weight is 950 g/mol. The Hall–Kier alpha value is -6.36. The number of aromatic nitrogens is 6. The van der Waals surface area contributed by atoms with Gasteiger partial charge in [0.15, 0.2) is 23.9 Å². The summed E-state index contributed by atoms with van der Waals surface area (Å²) < 4.78 is 51.5. The van der Waals surface area contributed by atoms with Crippen molar-refractivity contribution in [2.45, 2.75) is 19.0 Å². The van der Waals surface area contributed by atoms with E-state index in [2.05, 4.69) is 30.7 Å². The van der Waals surface area contributed by atoms with Crippen LogP contribution in [0.3, 0.4) is 0 Å². The number of carboxylic acids is 1. The predicted octanol–water partition coefficient (Wildman–Crippen LogP) is 3.36. The molecule has 9 rings (SSSR count). The molecule has 19 nitrogen and oxygen atoms in total. The lowest BCUT2D eigenvalue weighted by Crippen LogP contribution is -2.62. The second-order valence-corrected chi connectivity index (χ2v) is 18.1. The molecule has 67 heavy (non-hydrogen) atoms. The molecule has 4 aromatic heterocycles. The average Bonchev–Trinajstić information content (AvgIpc) is 4.04. The molecular weight excluding hydrogens is 901 g/mol. The third-order valence-electron chi connectivity index (χ3n) is 13.3. The molecule has 0 unspecified atom stereocenters. The van der Waals surface area contributed by atoms with Gasteiger partial charge in [-0.3, -0.25) is 19.2 Å². The molecular formula is C44H49ClF3N12O7+. The number of carbonyl (C=O) groups excluding carboxylic acids is 4. The molecule has 0 aliphatic carbocycles. The number of morpholine rings is 1. The third kappa shape index (κ3) is 9.47. The molecule has 0 radical (unpaired) electrons. The monoisotopic (exact) mass is 949 g/mol. The van der Waals surface area contributed by atoms with Crippen LogP contribution < -0.4 is 10.6 Å². The molecule has 4 aliphatic rings. The fourth-order valence-corrected chi connectivity index (χ4v) is 9.80. The third-order valence-corrected chi connectivity index (χ3v) is 13.6. The first-order valence-corrected chi connectivity index (χ1v) is 22.5. The number of ether oxygens (including phenoxy) is 1. The van der Waals surface area contributed by atoms with Crippen LogP contribution in [-0.4, -0.2) is 175 Å². The van der Waals surface area contributed by atoms with Crippen molar-refractivity contribution in [2.75, 3.05) is 97.1 Å². The van der Waals surface area contributed by atoms with E-state index in [-0.39, 0.29) is 82.4 Å². The van der Waals surface area contributed by atoms with E-state index in [4.69, 9.17) is 16.3 Å². The van der Waals surface area contributed by atoms with Crippen molar-refractivity contribution >= 4 is 57.8 Å². The van der Waals surface area contributed by atoms with Gasteiger partial charge in [-0.15, -0.1) is 0 Å². The van der Waals surface area contributed by atoms with Crippen LogP contribution in [0, 0.1) is 11.8 Å². The summed E-state index contributed by atoms with van der Waals surface area (Å²) in [6, 6.07) is 7.46. The summed E-state index contributed by atoms with van der Waals surface area (Å²) in [7, 11) is 1.39. The maximum Gasteiger partial charge on any atom is 0.435 e. The molecule has 4 fully saturated rings. The second-order valence-electron chi connectivity index (χ2n) is 17.7. The fourth-order valence-electron chi connectivity index (χ4n) is 9.54. The summed E-state index contributed by atoms with van der Waals surface area (Å²) in [4.78, 5) is 82.0. The molecule has 0 saturated carbocycles. The Labute approximate surface area is 386 Å². The maximum atomic E-state index is 14.5. The van der Waals surface area contributed by atoms with Crippen molar-refractivity contribution in [1.29, 1.82) is 0 Å². The minimum absolute atomic E-state index is 0.0246. The number of carboxylic acid groups (broad SMARTS) is 1. The molecule has 0 spiro atoms. The van der Waals surface area contributed by atoms with Crippen LogP contribution in [-0.2, 0) is 27.5 Å². The van der Waals surface area contributed by atoms with E-state index in [9.17, 15) is 42.3 Å². The maximum absolute atomic E-state index is 14.5. The number of imidazole rings is 1. The Balaban J connectivity index is 0.825. The van der Waals surface area contributed by atoms with E-state index in [1.54, 1.807) is 20.8 Å². The summed E-state index contributed by atoms with van der Waals surface area (Å²) in [6.07, 6.45) is 0.0423. The molecule has 23 heteroatoms. The summed E-state index contributed by atoms with van der Waals surface area (Å²) in [5.41, 5.74) is -0.497. The second kappa shape index (κ2) is 18.4. The van der Waals surface area contributed by atoms with Crippen LogP contribution in [0.25, 0.3) is 28.0 Å². The van der Waals surface area contributed by atoms with Crippen LogP contribution >= 0.6 is 11.6 Å². The van der Waals surface area contributed by atoms with E-state index in [0.717, 1.165) is 36.7 Å². The lowest BCUT2D eigenvalue weighted by molar-refractivity contribution is -0.929. The highest BCUT2D eigenvalue weighted by Gasteiger charge is 2.43. The normalized spacial score (nSPS) is 20.5. The zero-order valence-corrected chi connectivity index (χ0v) is 37.3. The summed E-state index contributed by atoms with van der Waals surface area (Å²) in [6.45, 7) is 6.86. The van der Waals surface area contributed by atoms with Gasteiger partial charge in [0.05, 0.1) is 66.4 Å². The molecule has 0 atom stereocenters. The number of aromatic amines is 1. The van der Waals surface area contributed by atoms with Crippen molar-refractivity contribution in [3.05, 3.63) is 76.7 Å². The van der Waals surface area contributed by atoms with Crippen molar-refractivity contribution in [2.24, 2.45) is 18.9 Å². The number of fused-ring (bicyclic) bond motifs is 1. The predicted molar refractivity (Wildman–Crippen MR) is 235 cm³/mol. The van der Waals surface area contributed by atoms with E-state index in [1.165, 1.54) is 42.1 Å². The fraction of sp³-hybridized carbons (Fsp3) is 0.455. The first-order valence-electron chi connectivity index (χ1n) is 22.1. The Morgan fingerprint density at radius 3 is 2.28 bits per heavy atom. The number of carbonyl (C=O) groups is 5. The van der Waals surface area contributed by atoms with Crippen molar-refractivity contribution in [3.63, 3.8) is 0 Å². The van der Waals surface area contributed by atoms with Crippen LogP contribution in [0.4, 0.5) is 18.9 Å². The van der Waals surface area contributed by atoms with Gasteiger partial charge in [0.1, 0.15) is 5.69 Å². The number of amides is 4. The number of piperidine rings is 1. The minimum atomic E-state index is -4.90. The molecule has 0 bridgehead atoms. The Bertz CT molecular complexity index is 2730. The van der Waals surface area contributed by atoms with Gasteiger partial charge in [-0.05, 0) is 24.3 Å². The van der Waals surface area contributed by atoms with Crippen molar-refractivity contribution < 1.29 is 51.5 Å². The number of nitrogens with zero attached hydrogens (tertiary/aromatic N) is 9. The molecule has 1 aromatic carbocycles. The molecule has 354 valence electrons. The summed E-state index contributed by atoms with van der Waals surface area (Å²) in [5.74, 6) is -2.08. The number of benzene rings is 1. The van der Waals surface area contributed by atoms with E-state index in [1.807, 2.05) is 0 Å². The number of pyridine rings is 1. The van der Waals surface area contributed by atoms with Gasteiger partial charge in [0.25, 0.3) is 17.7 Å². The molecule has 8 heterocycles. The summed E-state index contributed by atoms with van der Waals surface area (Å²) >= 11 is 6.59. The van der Waals surface area contributed by atoms with Crippen LogP contribution in [0.15, 0.2) is 48.9 Å². The summed E-state index contributed by atoms with van der Waals surface area (Å²) in [5, 5.41) is 20.0. The lowest BCUT2D eigenvalue weighted by atomic mass is 9.90. The van der Waals surface area contributed by atoms with E-state index >= 15 is 0 Å². The molecule has 4 saturated heterocycles. The number of hydrogen-bond acceptors (Lipinski definition) is 10. The highest BCUT2D eigenvalue weighted by atomic mass is 35.5. The number of aliphatic carboxylic acids is 1. The zero-order chi connectivity index (χ0) is 47.2. The van der Waals surface area contributed by atoms with Gasteiger partial charge in [-0.1, -0.05) is 11.6 Å². The number of rotatable bonds is 11. The highest BCUT2D eigenvalue weighted by molar-refractivity contribution is 6.34. The Morgan fingerprint density at radius 2 is 1.63 bits per heavy atom. The SMILES string of the molecule is Cn1c(-c2cn(-c3cc4[nH]c(C(=O)N5CCOCC5)cc4cn3)nc2C(F)(F)F)cnc1C(=O)Nc1ccc(C(=O)N2CCN(C(=O)C3CC[N+](CC(=O)O)(CC4CNC4)CC3)CC2)c(Cl)c1. The number of anilines is 1. The van der Waals surface area contributed by atoms with Gasteiger partial charge in [0.2, 0.25) is 5.91 Å². The van der Waals surface area contributed by atoms with Crippen LogP contribution in [0.1, 0.15) is 50.0 Å².